The predicted molar refractivity (Wildman–Crippen MR) is 102 cm³/mol. The molecule has 2 fully saturated rings. The lowest BCUT2D eigenvalue weighted by Gasteiger charge is -2.35. The summed E-state index contributed by atoms with van der Waals surface area (Å²) in [4.78, 5) is 14.9. The number of hydrogen-bond donors (Lipinski definition) is 2. The first-order chi connectivity index (χ1) is 12.5. The zero-order valence-corrected chi connectivity index (χ0v) is 15.8. The molecule has 2 heterocycles. The molecule has 2 aliphatic heterocycles. The average Bonchev–Trinajstić information content (AvgIpc) is 2.61. The van der Waals surface area contributed by atoms with Crippen LogP contribution in [0.1, 0.15) is 32.3 Å². The molecule has 6 nitrogen and oxygen atoms in total. The summed E-state index contributed by atoms with van der Waals surface area (Å²) in [5.74, 6) is 0.0888. The van der Waals surface area contributed by atoms with Crippen LogP contribution in [0, 0.1) is 5.92 Å². The van der Waals surface area contributed by atoms with Crippen molar-refractivity contribution in [3.05, 3.63) is 29.8 Å². The van der Waals surface area contributed by atoms with E-state index in [1.807, 2.05) is 18.2 Å². The fraction of sp³-hybridized carbons (Fsp3) is 0.650. The SMILES string of the molecule is CC1CN(Cc2cccc(NC(=O)C(N)C3CCOCC3)c2)CC(C)O1. The summed E-state index contributed by atoms with van der Waals surface area (Å²) >= 11 is 0. The van der Waals surface area contributed by atoms with Crippen molar-refractivity contribution in [1.29, 1.82) is 0 Å². The highest BCUT2D eigenvalue weighted by atomic mass is 16.5. The van der Waals surface area contributed by atoms with E-state index in [0.717, 1.165) is 38.2 Å². The normalized spacial score (nSPS) is 26.4. The first-order valence-electron chi connectivity index (χ1n) is 9.62. The smallest absolute Gasteiger partial charge is 0.241 e. The molecule has 3 rings (SSSR count). The van der Waals surface area contributed by atoms with E-state index < -0.39 is 6.04 Å². The topological polar surface area (TPSA) is 76.8 Å². The summed E-state index contributed by atoms with van der Waals surface area (Å²) in [6.45, 7) is 8.31. The Morgan fingerprint density at radius 3 is 2.65 bits per heavy atom. The number of morpholine rings is 1. The minimum Gasteiger partial charge on any atom is -0.381 e. The summed E-state index contributed by atoms with van der Waals surface area (Å²) in [7, 11) is 0. The number of benzene rings is 1. The Balaban J connectivity index is 1.57. The minimum atomic E-state index is -0.483. The number of nitrogens with one attached hydrogen (secondary N) is 1. The number of nitrogens with zero attached hydrogens (tertiary/aromatic N) is 1. The molecule has 0 radical (unpaired) electrons. The van der Waals surface area contributed by atoms with Gasteiger partial charge in [0.1, 0.15) is 0 Å². The zero-order valence-electron chi connectivity index (χ0n) is 15.8. The van der Waals surface area contributed by atoms with Crippen LogP contribution in [0.25, 0.3) is 0 Å². The molecule has 2 aliphatic rings. The van der Waals surface area contributed by atoms with E-state index in [1.165, 1.54) is 5.56 Å². The molecule has 0 saturated carbocycles. The number of nitrogens with two attached hydrogens (primary N) is 1. The van der Waals surface area contributed by atoms with Crippen LogP contribution in [-0.4, -0.2) is 55.4 Å². The molecule has 3 atom stereocenters. The van der Waals surface area contributed by atoms with Gasteiger partial charge in [-0.3, -0.25) is 9.69 Å². The van der Waals surface area contributed by atoms with Crippen LogP contribution < -0.4 is 11.1 Å². The molecular weight excluding hydrogens is 330 g/mol. The summed E-state index contributed by atoms with van der Waals surface area (Å²) < 4.78 is 11.1. The number of carbonyl (C=O) groups excluding carboxylic acids is 1. The summed E-state index contributed by atoms with van der Waals surface area (Å²) in [5, 5.41) is 2.99. The number of ether oxygens (including phenoxy) is 2. The van der Waals surface area contributed by atoms with Crippen molar-refractivity contribution in [3.8, 4) is 0 Å². The van der Waals surface area contributed by atoms with Crippen molar-refractivity contribution in [2.24, 2.45) is 11.7 Å². The second-order valence-corrected chi connectivity index (χ2v) is 7.62. The Bertz CT molecular complexity index is 594. The molecule has 1 amide bonds. The molecule has 0 bridgehead atoms. The lowest BCUT2D eigenvalue weighted by Crippen LogP contribution is -2.44. The van der Waals surface area contributed by atoms with Gasteiger partial charge >= 0.3 is 0 Å². The highest BCUT2D eigenvalue weighted by Gasteiger charge is 2.27. The van der Waals surface area contributed by atoms with Crippen molar-refractivity contribution in [2.45, 2.75) is 51.5 Å². The van der Waals surface area contributed by atoms with Gasteiger partial charge in [0.25, 0.3) is 0 Å². The van der Waals surface area contributed by atoms with Crippen molar-refractivity contribution in [1.82, 2.24) is 4.90 Å². The van der Waals surface area contributed by atoms with Crippen LogP contribution in [-0.2, 0) is 20.8 Å². The highest BCUT2D eigenvalue weighted by Crippen LogP contribution is 2.20. The standard InChI is InChI=1S/C20H31N3O3/c1-14-11-23(12-15(2)26-14)13-16-4-3-5-18(10-16)22-20(24)19(21)17-6-8-25-9-7-17/h3-5,10,14-15,17,19H,6-9,11-13,21H2,1-2H3,(H,22,24). The van der Waals surface area contributed by atoms with E-state index in [4.69, 9.17) is 15.2 Å². The molecule has 1 aromatic rings. The minimum absolute atomic E-state index is 0.109. The van der Waals surface area contributed by atoms with Crippen LogP contribution in [0.5, 0.6) is 0 Å². The van der Waals surface area contributed by atoms with E-state index in [1.54, 1.807) is 0 Å². The van der Waals surface area contributed by atoms with Crippen molar-refractivity contribution >= 4 is 11.6 Å². The number of anilines is 1. The van der Waals surface area contributed by atoms with Gasteiger partial charge in [-0.25, -0.2) is 0 Å². The molecular formula is C20H31N3O3. The largest absolute Gasteiger partial charge is 0.381 e. The predicted octanol–water partition coefficient (Wildman–Crippen LogP) is 1.99. The van der Waals surface area contributed by atoms with Crippen LogP contribution >= 0.6 is 0 Å². The molecule has 144 valence electrons. The highest BCUT2D eigenvalue weighted by molar-refractivity contribution is 5.94. The van der Waals surface area contributed by atoms with E-state index in [-0.39, 0.29) is 24.0 Å². The van der Waals surface area contributed by atoms with Gasteiger partial charge in [0.05, 0.1) is 18.2 Å². The molecule has 2 saturated heterocycles. The lowest BCUT2D eigenvalue weighted by molar-refractivity contribution is -0.119. The van der Waals surface area contributed by atoms with Crippen LogP contribution in [0.15, 0.2) is 24.3 Å². The second-order valence-electron chi connectivity index (χ2n) is 7.62. The fourth-order valence-corrected chi connectivity index (χ4v) is 3.93. The zero-order chi connectivity index (χ0) is 18.5. The molecule has 3 N–H and O–H groups in total. The summed E-state index contributed by atoms with van der Waals surface area (Å²) in [5.41, 5.74) is 8.16. The Hall–Kier alpha value is -1.47. The Labute approximate surface area is 156 Å². The van der Waals surface area contributed by atoms with Crippen molar-refractivity contribution < 1.29 is 14.3 Å². The van der Waals surface area contributed by atoms with Crippen molar-refractivity contribution in [2.75, 3.05) is 31.6 Å². The molecule has 1 aromatic carbocycles. The maximum Gasteiger partial charge on any atom is 0.241 e. The van der Waals surface area contributed by atoms with E-state index in [9.17, 15) is 4.79 Å². The van der Waals surface area contributed by atoms with Crippen molar-refractivity contribution in [3.63, 3.8) is 0 Å². The molecule has 0 aliphatic carbocycles. The number of amides is 1. The Kier molecular flexibility index (Phi) is 6.64. The van der Waals surface area contributed by atoms with E-state index >= 15 is 0 Å². The van der Waals surface area contributed by atoms with Gasteiger partial charge in [0.2, 0.25) is 5.91 Å². The van der Waals surface area contributed by atoms with E-state index in [0.29, 0.717) is 13.2 Å². The van der Waals surface area contributed by atoms with Crippen LogP contribution in [0.3, 0.4) is 0 Å². The first-order valence-corrected chi connectivity index (χ1v) is 9.62. The van der Waals surface area contributed by atoms with Gasteiger partial charge < -0.3 is 20.5 Å². The molecule has 26 heavy (non-hydrogen) atoms. The van der Waals surface area contributed by atoms with Crippen LogP contribution in [0.4, 0.5) is 5.69 Å². The van der Waals surface area contributed by atoms with Gasteiger partial charge in [0.15, 0.2) is 0 Å². The van der Waals surface area contributed by atoms with Crippen LogP contribution in [0.2, 0.25) is 0 Å². The molecule has 6 heteroatoms. The third-order valence-electron chi connectivity index (χ3n) is 5.17. The molecule has 0 aromatic heterocycles. The van der Waals surface area contributed by atoms with Gasteiger partial charge in [-0.1, -0.05) is 12.1 Å². The monoisotopic (exact) mass is 361 g/mol. The average molecular weight is 361 g/mol. The third-order valence-corrected chi connectivity index (χ3v) is 5.17. The van der Waals surface area contributed by atoms with Gasteiger partial charge in [0, 0.05) is 38.5 Å². The Morgan fingerprint density at radius 1 is 1.27 bits per heavy atom. The van der Waals surface area contributed by atoms with E-state index in [2.05, 4.69) is 30.1 Å². The fourth-order valence-electron chi connectivity index (χ4n) is 3.93. The Morgan fingerprint density at radius 2 is 1.96 bits per heavy atom. The third kappa shape index (κ3) is 5.27. The van der Waals surface area contributed by atoms with Gasteiger partial charge in [-0.05, 0) is 50.3 Å². The number of carbonyl (C=O) groups is 1. The first kappa shape index (κ1) is 19.3. The van der Waals surface area contributed by atoms with Gasteiger partial charge in [-0.15, -0.1) is 0 Å². The van der Waals surface area contributed by atoms with Gasteiger partial charge in [-0.2, -0.15) is 0 Å². The number of hydrogen-bond acceptors (Lipinski definition) is 5. The molecule has 3 unspecified atom stereocenters. The quantitative estimate of drug-likeness (QED) is 0.839. The summed E-state index contributed by atoms with van der Waals surface area (Å²) in [6.07, 6.45) is 2.20. The second kappa shape index (κ2) is 8.95. The summed E-state index contributed by atoms with van der Waals surface area (Å²) in [6, 6.07) is 7.56. The maximum absolute atomic E-state index is 12.5. The molecule has 0 spiro atoms. The maximum atomic E-state index is 12.5. The number of rotatable bonds is 5. The lowest BCUT2D eigenvalue weighted by atomic mass is 9.92.